The predicted octanol–water partition coefficient (Wildman–Crippen LogP) is 5.74. The van der Waals surface area contributed by atoms with E-state index in [0.717, 1.165) is 22.4 Å². The lowest BCUT2D eigenvalue weighted by molar-refractivity contribution is -0.120. The molecule has 5 heteroatoms. The molecule has 5 nitrogen and oxygen atoms in total. The molecule has 5 rings (SSSR count). The molecule has 0 radical (unpaired) electrons. The molecule has 4 aromatic rings. The Labute approximate surface area is 198 Å². The minimum atomic E-state index is -1.17. The number of hydrogen-bond donors (Lipinski definition) is 2. The molecule has 1 heterocycles. The van der Waals surface area contributed by atoms with Crippen molar-refractivity contribution in [1.82, 2.24) is 0 Å². The van der Waals surface area contributed by atoms with Crippen molar-refractivity contribution >= 4 is 17.3 Å². The van der Waals surface area contributed by atoms with E-state index in [4.69, 9.17) is 4.74 Å². The number of fused-ring (bicyclic) bond motifs is 1. The highest BCUT2D eigenvalue weighted by atomic mass is 16.5. The quantitative estimate of drug-likeness (QED) is 0.415. The molecule has 34 heavy (non-hydrogen) atoms. The molecule has 0 fully saturated rings. The molecule has 2 N–H and O–H groups in total. The van der Waals surface area contributed by atoms with Gasteiger partial charge in [0.05, 0.1) is 18.5 Å². The monoisotopic (exact) mass is 451 g/mol. The number of ether oxygens (including phenoxy) is 1. The van der Waals surface area contributed by atoms with Crippen molar-refractivity contribution in [2.75, 3.05) is 12.0 Å². The van der Waals surface area contributed by atoms with Crippen LogP contribution in [0.15, 0.2) is 84.9 Å². The summed E-state index contributed by atoms with van der Waals surface area (Å²) in [7, 11) is 1.60. The third-order valence-electron chi connectivity index (χ3n) is 6.61. The number of aryl methyl sites for hydroxylation is 2. The lowest BCUT2D eigenvalue weighted by Crippen LogP contribution is -2.40. The Hall–Kier alpha value is -4.25. The first-order valence-corrected chi connectivity index (χ1v) is 11.1. The topological polar surface area (TPSA) is 70.0 Å². The summed E-state index contributed by atoms with van der Waals surface area (Å²) in [6.07, 6.45) is 0. The second kappa shape index (κ2) is 7.96. The number of phenolic OH excluding ortho intramolecular Hbond substituents is 2. The van der Waals surface area contributed by atoms with E-state index < -0.39 is 5.41 Å². The first-order chi connectivity index (χ1) is 16.4. The largest absolute Gasteiger partial charge is 0.508 e. The van der Waals surface area contributed by atoms with E-state index in [2.05, 4.69) is 0 Å². The molecule has 1 atom stereocenters. The van der Waals surface area contributed by atoms with Crippen molar-refractivity contribution in [3.8, 4) is 17.2 Å². The zero-order valence-electron chi connectivity index (χ0n) is 19.2. The highest BCUT2D eigenvalue weighted by Gasteiger charge is 2.54. The molecule has 0 bridgehead atoms. The van der Waals surface area contributed by atoms with Gasteiger partial charge in [-0.25, -0.2) is 0 Å². The van der Waals surface area contributed by atoms with Crippen molar-refractivity contribution in [2.45, 2.75) is 19.3 Å². The first kappa shape index (κ1) is 21.6. The lowest BCUT2D eigenvalue weighted by Gasteiger charge is -2.31. The van der Waals surface area contributed by atoms with Crippen molar-refractivity contribution < 1.29 is 19.7 Å². The van der Waals surface area contributed by atoms with E-state index in [1.54, 1.807) is 36.3 Å². The lowest BCUT2D eigenvalue weighted by atomic mass is 9.69. The molecular formula is C29H25NO4. The Bertz CT molecular complexity index is 1390. The SMILES string of the molecule is COc1cccc(N2C(=O)C(c3ccc(O)cc3)(c3cc(C)c(O)c(C)c3)c3ccccc32)c1. The van der Waals surface area contributed by atoms with Crippen LogP contribution in [0.2, 0.25) is 0 Å². The van der Waals surface area contributed by atoms with Crippen LogP contribution in [0.5, 0.6) is 17.2 Å². The summed E-state index contributed by atoms with van der Waals surface area (Å²) >= 11 is 0. The Morgan fingerprint density at radius 3 is 2.15 bits per heavy atom. The summed E-state index contributed by atoms with van der Waals surface area (Å²) < 4.78 is 5.42. The number of nitrogens with zero attached hydrogens (tertiary/aromatic N) is 1. The highest BCUT2D eigenvalue weighted by Crippen LogP contribution is 2.53. The van der Waals surface area contributed by atoms with Gasteiger partial charge in [-0.15, -0.1) is 0 Å². The van der Waals surface area contributed by atoms with Crippen molar-refractivity contribution in [3.05, 3.63) is 113 Å². The highest BCUT2D eigenvalue weighted by molar-refractivity contribution is 6.17. The van der Waals surface area contributed by atoms with Crippen molar-refractivity contribution in [2.24, 2.45) is 0 Å². The van der Waals surface area contributed by atoms with Crippen LogP contribution in [0, 0.1) is 13.8 Å². The second-order valence-electron chi connectivity index (χ2n) is 8.61. The van der Waals surface area contributed by atoms with Gasteiger partial charge in [-0.2, -0.15) is 0 Å². The Kier molecular flexibility index (Phi) is 5.05. The molecule has 0 spiro atoms. The summed E-state index contributed by atoms with van der Waals surface area (Å²) in [5, 5.41) is 20.5. The maximum atomic E-state index is 14.6. The van der Waals surface area contributed by atoms with Gasteiger partial charge < -0.3 is 14.9 Å². The van der Waals surface area contributed by atoms with Gasteiger partial charge in [-0.3, -0.25) is 9.69 Å². The van der Waals surface area contributed by atoms with Gasteiger partial charge in [-0.05, 0) is 66.4 Å². The van der Waals surface area contributed by atoms with Crippen LogP contribution >= 0.6 is 0 Å². The number of aromatic hydroxyl groups is 2. The number of hydrogen-bond acceptors (Lipinski definition) is 4. The minimum Gasteiger partial charge on any atom is -0.508 e. The fraction of sp³-hybridized carbons (Fsp3) is 0.138. The van der Waals surface area contributed by atoms with Crippen LogP contribution in [0.1, 0.15) is 27.8 Å². The average molecular weight is 452 g/mol. The molecule has 1 aliphatic rings. The number of amides is 1. The molecule has 0 saturated heterocycles. The number of rotatable bonds is 4. The van der Waals surface area contributed by atoms with Crippen molar-refractivity contribution in [3.63, 3.8) is 0 Å². The van der Waals surface area contributed by atoms with E-state index >= 15 is 0 Å². The third-order valence-corrected chi connectivity index (χ3v) is 6.61. The van der Waals surface area contributed by atoms with E-state index in [-0.39, 0.29) is 17.4 Å². The van der Waals surface area contributed by atoms with Gasteiger partial charge in [-0.1, -0.05) is 48.5 Å². The number of anilines is 2. The zero-order valence-corrected chi connectivity index (χ0v) is 19.2. The third kappa shape index (κ3) is 3.05. The van der Waals surface area contributed by atoms with Crippen LogP contribution in [-0.4, -0.2) is 23.2 Å². The van der Waals surface area contributed by atoms with E-state index in [1.165, 1.54) is 0 Å². The van der Waals surface area contributed by atoms with Gasteiger partial charge in [0.2, 0.25) is 0 Å². The molecule has 4 aromatic carbocycles. The van der Waals surface area contributed by atoms with Gasteiger partial charge >= 0.3 is 0 Å². The smallest absolute Gasteiger partial charge is 0.251 e. The van der Waals surface area contributed by atoms with E-state index in [9.17, 15) is 15.0 Å². The molecule has 1 aliphatic heterocycles. The van der Waals surface area contributed by atoms with Crippen LogP contribution in [0.4, 0.5) is 11.4 Å². The number of para-hydroxylation sites is 1. The number of benzene rings is 4. The molecule has 1 amide bonds. The molecule has 1 unspecified atom stereocenters. The van der Waals surface area contributed by atoms with Gasteiger partial charge in [0.15, 0.2) is 0 Å². The Morgan fingerprint density at radius 1 is 0.794 bits per heavy atom. The summed E-state index contributed by atoms with van der Waals surface area (Å²) in [6, 6.07) is 25.7. The normalized spacial score (nSPS) is 17.0. The van der Waals surface area contributed by atoms with Crippen LogP contribution in [-0.2, 0) is 10.2 Å². The predicted molar refractivity (Wildman–Crippen MR) is 132 cm³/mol. The van der Waals surface area contributed by atoms with Crippen LogP contribution in [0.3, 0.4) is 0 Å². The molecular weight excluding hydrogens is 426 g/mol. The summed E-state index contributed by atoms with van der Waals surface area (Å²) in [5.41, 5.74) is 4.01. The fourth-order valence-corrected chi connectivity index (χ4v) is 4.99. The van der Waals surface area contributed by atoms with Crippen LogP contribution < -0.4 is 9.64 Å². The molecule has 0 aromatic heterocycles. The van der Waals surface area contributed by atoms with Crippen LogP contribution in [0.25, 0.3) is 0 Å². The Morgan fingerprint density at radius 2 is 1.47 bits per heavy atom. The van der Waals surface area contributed by atoms with Gasteiger partial charge in [0.1, 0.15) is 22.7 Å². The fourth-order valence-electron chi connectivity index (χ4n) is 4.99. The number of carbonyl (C=O) groups is 1. The van der Waals surface area contributed by atoms with E-state index in [0.29, 0.717) is 22.6 Å². The average Bonchev–Trinajstić information content (AvgIpc) is 3.11. The summed E-state index contributed by atoms with van der Waals surface area (Å²) in [6.45, 7) is 3.67. The summed E-state index contributed by atoms with van der Waals surface area (Å²) in [4.78, 5) is 16.4. The molecule has 0 saturated carbocycles. The number of methoxy groups -OCH3 is 1. The number of phenols is 2. The second-order valence-corrected chi connectivity index (χ2v) is 8.61. The van der Waals surface area contributed by atoms with Crippen molar-refractivity contribution in [1.29, 1.82) is 0 Å². The maximum absolute atomic E-state index is 14.6. The van der Waals surface area contributed by atoms with E-state index in [1.807, 2.05) is 74.5 Å². The zero-order chi connectivity index (χ0) is 24.0. The Balaban J connectivity index is 1.87. The number of carbonyl (C=O) groups excluding carboxylic acids is 1. The first-order valence-electron chi connectivity index (χ1n) is 11.1. The van der Waals surface area contributed by atoms with Gasteiger partial charge in [0.25, 0.3) is 5.91 Å². The minimum absolute atomic E-state index is 0.125. The molecule has 0 aliphatic carbocycles. The maximum Gasteiger partial charge on any atom is 0.251 e. The van der Waals surface area contributed by atoms with Gasteiger partial charge in [0, 0.05) is 11.6 Å². The standard InChI is InChI=1S/C29H25NO4/c1-18-15-21(16-19(2)27(18)32)29(20-11-13-23(31)14-12-20)25-9-4-5-10-26(25)30(28(29)33)22-7-6-8-24(17-22)34-3/h4-17,31-32H,1-3H3. The molecule has 170 valence electrons. The summed E-state index contributed by atoms with van der Waals surface area (Å²) in [5.74, 6) is 0.853.